The third-order valence-electron chi connectivity index (χ3n) is 1.64. The molecule has 0 amide bonds. The maximum absolute atomic E-state index is 8.86. The summed E-state index contributed by atoms with van der Waals surface area (Å²) >= 11 is 1.50. The van der Waals surface area contributed by atoms with Crippen LogP contribution in [0.3, 0.4) is 0 Å². The van der Waals surface area contributed by atoms with Crippen molar-refractivity contribution >= 4 is 11.3 Å². The maximum Gasteiger partial charge on any atom is 0.119 e. The van der Waals surface area contributed by atoms with E-state index in [9.17, 15) is 0 Å². The first kappa shape index (κ1) is 9.64. The van der Waals surface area contributed by atoms with Gasteiger partial charge < -0.3 is 10.8 Å². The summed E-state index contributed by atoms with van der Waals surface area (Å²) in [5, 5.41) is 9.62. The van der Waals surface area contributed by atoms with Gasteiger partial charge in [-0.05, 0) is 5.92 Å². The molecule has 12 heavy (non-hydrogen) atoms. The number of rotatable bonds is 3. The molecule has 0 radical (unpaired) electrons. The second-order valence-corrected chi connectivity index (χ2v) is 4.10. The molecule has 1 heterocycles. The average Bonchev–Trinajstić information content (AvgIpc) is 2.47. The Morgan fingerprint density at radius 1 is 1.58 bits per heavy atom. The third-order valence-corrected chi connectivity index (χ3v) is 2.72. The third kappa shape index (κ3) is 1.83. The van der Waals surface area contributed by atoms with Crippen molar-refractivity contribution in [3.63, 3.8) is 0 Å². The van der Waals surface area contributed by atoms with Crippen LogP contribution in [0.2, 0.25) is 0 Å². The van der Waals surface area contributed by atoms with Crippen molar-refractivity contribution in [2.75, 3.05) is 0 Å². The fourth-order valence-electron chi connectivity index (χ4n) is 1.08. The summed E-state index contributed by atoms with van der Waals surface area (Å²) < 4.78 is 0. The number of thiazole rings is 1. The lowest BCUT2D eigenvalue weighted by Gasteiger charge is -2.01. The lowest BCUT2D eigenvalue weighted by Crippen LogP contribution is -1.99. The van der Waals surface area contributed by atoms with Gasteiger partial charge in [0.1, 0.15) is 5.01 Å². The van der Waals surface area contributed by atoms with Crippen LogP contribution in [0, 0.1) is 0 Å². The smallest absolute Gasteiger partial charge is 0.119 e. The summed E-state index contributed by atoms with van der Waals surface area (Å²) in [4.78, 5) is 5.38. The molecule has 0 bridgehead atoms. The van der Waals surface area contributed by atoms with Crippen LogP contribution in [-0.4, -0.2) is 10.1 Å². The summed E-state index contributed by atoms with van der Waals surface area (Å²) in [5.41, 5.74) is 6.58. The van der Waals surface area contributed by atoms with Crippen LogP contribution < -0.4 is 5.73 Å². The minimum atomic E-state index is 0.0182. The zero-order chi connectivity index (χ0) is 9.14. The zero-order valence-electron chi connectivity index (χ0n) is 7.37. The van der Waals surface area contributed by atoms with Crippen molar-refractivity contribution in [2.45, 2.75) is 32.9 Å². The molecule has 3 nitrogen and oxygen atoms in total. The van der Waals surface area contributed by atoms with Gasteiger partial charge >= 0.3 is 0 Å². The van der Waals surface area contributed by atoms with Gasteiger partial charge in [0.25, 0.3) is 0 Å². The molecule has 3 N–H and O–H groups in total. The summed E-state index contributed by atoms with van der Waals surface area (Å²) in [6.45, 7) is 4.69. The molecule has 0 fully saturated rings. The van der Waals surface area contributed by atoms with E-state index in [0.29, 0.717) is 12.5 Å². The molecular formula is C8H14N2OS. The SMILES string of the molecule is CC(C)c1nc(CO)sc1CN. The molecule has 1 rings (SSSR count). The lowest BCUT2D eigenvalue weighted by molar-refractivity contribution is 0.281. The van der Waals surface area contributed by atoms with E-state index >= 15 is 0 Å². The quantitative estimate of drug-likeness (QED) is 0.746. The molecule has 0 aliphatic heterocycles. The van der Waals surface area contributed by atoms with Crippen molar-refractivity contribution in [3.05, 3.63) is 15.6 Å². The van der Waals surface area contributed by atoms with Crippen molar-refractivity contribution in [1.29, 1.82) is 0 Å². The highest BCUT2D eigenvalue weighted by Gasteiger charge is 2.11. The summed E-state index contributed by atoms with van der Waals surface area (Å²) in [6, 6.07) is 0. The van der Waals surface area contributed by atoms with Crippen LogP contribution in [0.4, 0.5) is 0 Å². The highest BCUT2D eigenvalue weighted by Crippen LogP contribution is 2.24. The molecule has 0 spiro atoms. The van der Waals surface area contributed by atoms with E-state index < -0.39 is 0 Å². The molecule has 0 unspecified atom stereocenters. The van der Waals surface area contributed by atoms with Gasteiger partial charge in [-0.3, -0.25) is 0 Å². The summed E-state index contributed by atoms with van der Waals surface area (Å²) in [6.07, 6.45) is 0. The van der Waals surface area contributed by atoms with Gasteiger partial charge in [0.05, 0.1) is 12.3 Å². The number of nitrogens with zero attached hydrogens (tertiary/aromatic N) is 1. The number of aliphatic hydroxyl groups excluding tert-OH is 1. The Bertz CT molecular complexity index is 258. The Labute approximate surface area is 76.3 Å². The second kappa shape index (κ2) is 3.98. The first-order chi connectivity index (χ1) is 5.69. The Kier molecular flexibility index (Phi) is 3.20. The van der Waals surface area contributed by atoms with Crippen LogP contribution in [0.15, 0.2) is 0 Å². The lowest BCUT2D eigenvalue weighted by atomic mass is 10.1. The van der Waals surface area contributed by atoms with Crippen LogP contribution in [0.25, 0.3) is 0 Å². The predicted octanol–water partition coefficient (Wildman–Crippen LogP) is 1.22. The van der Waals surface area contributed by atoms with Crippen molar-refractivity contribution in [1.82, 2.24) is 4.98 Å². The zero-order valence-corrected chi connectivity index (χ0v) is 8.19. The van der Waals surface area contributed by atoms with E-state index in [1.54, 1.807) is 0 Å². The van der Waals surface area contributed by atoms with E-state index in [4.69, 9.17) is 10.8 Å². The molecule has 0 aliphatic carbocycles. The normalized spacial score (nSPS) is 11.1. The average molecular weight is 186 g/mol. The van der Waals surface area contributed by atoms with Crippen LogP contribution in [0.1, 0.15) is 35.3 Å². The Morgan fingerprint density at radius 2 is 2.25 bits per heavy atom. The maximum atomic E-state index is 8.86. The highest BCUT2D eigenvalue weighted by molar-refractivity contribution is 7.11. The Hall–Kier alpha value is -0.450. The summed E-state index contributed by atoms with van der Waals surface area (Å²) in [7, 11) is 0. The van der Waals surface area contributed by atoms with Crippen molar-refractivity contribution < 1.29 is 5.11 Å². The molecule has 1 aromatic rings. The van der Waals surface area contributed by atoms with E-state index in [-0.39, 0.29) is 6.61 Å². The molecule has 0 saturated heterocycles. The van der Waals surface area contributed by atoms with Gasteiger partial charge in [-0.15, -0.1) is 11.3 Å². The number of aliphatic hydroxyl groups is 1. The topological polar surface area (TPSA) is 59.1 Å². The van der Waals surface area contributed by atoms with Gasteiger partial charge in [-0.25, -0.2) is 4.98 Å². The number of aromatic nitrogens is 1. The molecule has 1 aromatic heterocycles. The molecule has 68 valence electrons. The van der Waals surface area contributed by atoms with Gasteiger partial charge in [-0.2, -0.15) is 0 Å². The fourth-order valence-corrected chi connectivity index (χ4v) is 2.04. The van der Waals surface area contributed by atoms with Gasteiger partial charge in [0, 0.05) is 11.4 Å². The van der Waals surface area contributed by atoms with Crippen LogP contribution in [0.5, 0.6) is 0 Å². The van der Waals surface area contributed by atoms with E-state index in [0.717, 1.165) is 15.6 Å². The minimum absolute atomic E-state index is 0.0182. The van der Waals surface area contributed by atoms with Crippen LogP contribution >= 0.6 is 11.3 Å². The van der Waals surface area contributed by atoms with Gasteiger partial charge in [0.2, 0.25) is 0 Å². The monoisotopic (exact) mass is 186 g/mol. The molecule has 0 aromatic carbocycles. The highest BCUT2D eigenvalue weighted by atomic mass is 32.1. The molecule has 0 aliphatic rings. The molecule has 4 heteroatoms. The van der Waals surface area contributed by atoms with E-state index in [1.807, 2.05) is 0 Å². The second-order valence-electron chi connectivity index (χ2n) is 2.93. The van der Waals surface area contributed by atoms with E-state index in [2.05, 4.69) is 18.8 Å². The van der Waals surface area contributed by atoms with Gasteiger partial charge in [-0.1, -0.05) is 13.8 Å². The molecular weight excluding hydrogens is 172 g/mol. The van der Waals surface area contributed by atoms with Gasteiger partial charge in [0.15, 0.2) is 0 Å². The fraction of sp³-hybridized carbons (Fsp3) is 0.625. The predicted molar refractivity (Wildman–Crippen MR) is 50.0 cm³/mol. The Balaban J connectivity index is 3.00. The van der Waals surface area contributed by atoms with Crippen LogP contribution in [-0.2, 0) is 13.2 Å². The largest absolute Gasteiger partial charge is 0.389 e. The van der Waals surface area contributed by atoms with Crippen molar-refractivity contribution in [3.8, 4) is 0 Å². The number of hydrogen-bond acceptors (Lipinski definition) is 4. The number of nitrogens with two attached hydrogens (primary N) is 1. The Morgan fingerprint density at radius 3 is 2.58 bits per heavy atom. The van der Waals surface area contributed by atoms with Crippen molar-refractivity contribution in [2.24, 2.45) is 5.73 Å². The standard InChI is InChI=1S/C8H14N2OS/c1-5(2)8-6(3-9)12-7(4-11)10-8/h5,11H,3-4,9H2,1-2H3. The summed E-state index contributed by atoms with van der Waals surface area (Å²) in [5.74, 6) is 0.389. The van der Waals surface area contributed by atoms with E-state index in [1.165, 1.54) is 11.3 Å². The number of hydrogen-bond donors (Lipinski definition) is 2. The first-order valence-electron chi connectivity index (χ1n) is 3.98. The molecule has 0 saturated carbocycles. The first-order valence-corrected chi connectivity index (χ1v) is 4.80. The minimum Gasteiger partial charge on any atom is -0.389 e. The molecule has 0 atom stereocenters.